The van der Waals surface area contributed by atoms with Gasteiger partial charge in [-0.25, -0.2) is 4.99 Å². The van der Waals surface area contributed by atoms with Gasteiger partial charge in [-0.15, -0.1) is 0 Å². The zero-order chi connectivity index (χ0) is 27.5. The number of aryl methyl sites for hydroxylation is 1. The van der Waals surface area contributed by atoms with E-state index in [0.717, 1.165) is 18.2 Å². The summed E-state index contributed by atoms with van der Waals surface area (Å²) in [6.45, 7) is 1.64. The van der Waals surface area contributed by atoms with Crippen molar-refractivity contribution in [1.29, 1.82) is 0 Å². The number of benzodiazepines with no additional fused rings is 1. The molecule has 13 heteroatoms. The van der Waals surface area contributed by atoms with Crippen LogP contribution >= 0.6 is 0 Å². The minimum atomic E-state index is -4.67. The van der Waals surface area contributed by atoms with E-state index in [9.17, 15) is 40.7 Å². The Bertz CT molecular complexity index is 1240. The van der Waals surface area contributed by atoms with Gasteiger partial charge < -0.3 is 16.4 Å². The fourth-order valence-corrected chi connectivity index (χ4v) is 3.81. The number of primary amides is 1. The number of nitrogens with zero attached hydrogens (tertiary/aromatic N) is 1. The Hall–Kier alpha value is -3.90. The summed E-state index contributed by atoms with van der Waals surface area (Å²) in [6.07, 6.45) is -13.8. The number of alkyl halides is 6. The molecule has 0 saturated heterocycles. The lowest BCUT2D eigenvalue weighted by Gasteiger charge is -2.19. The monoisotopic (exact) mass is 528 g/mol. The Balaban J connectivity index is 2.03. The molecule has 2 unspecified atom stereocenters. The summed E-state index contributed by atoms with van der Waals surface area (Å²) >= 11 is 0. The summed E-state index contributed by atoms with van der Waals surface area (Å²) in [5.74, 6) is -4.49. The van der Waals surface area contributed by atoms with E-state index in [1.54, 1.807) is 19.1 Å². The van der Waals surface area contributed by atoms with Crippen LogP contribution in [0, 0.1) is 12.8 Å². The highest BCUT2D eigenvalue weighted by Crippen LogP contribution is 2.32. The third-order valence-electron chi connectivity index (χ3n) is 5.62. The number of nitrogens with two attached hydrogens (primary N) is 1. The molecule has 0 spiro atoms. The van der Waals surface area contributed by atoms with E-state index in [-0.39, 0.29) is 22.5 Å². The van der Waals surface area contributed by atoms with Gasteiger partial charge in [-0.2, -0.15) is 26.3 Å². The second kappa shape index (κ2) is 10.6. The summed E-state index contributed by atoms with van der Waals surface area (Å²) in [5, 5.41) is 4.78. The van der Waals surface area contributed by atoms with Crippen molar-refractivity contribution in [3.8, 4) is 0 Å². The average molecular weight is 528 g/mol. The minimum Gasteiger partial charge on any atom is -0.370 e. The van der Waals surface area contributed by atoms with E-state index < -0.39 is 67.0 Å². The van der Waals surface area contributed by atoms with Gasteiger partial charge >= 0.3 is 12.4 Å². The van der Waals surface area contributed by atoms with Gasteiger partial charge in [-0.1, -0.05) is 30.3 Å². The van der Waals surface area contributed by atoms with E-state index in [2.05, 4.69) is 15.6 Å². The molecule has 0 aliphatic carbocycles. The number of hydrogen-bond acceptors (Lipinski definition) is 4. The van der Waals surface area contributed by atoms with Gasteiger partial charge in [0.25, 0.3) is 5.91 Å². The molecule has 1 heterocycles. The molecule has 37 heavy (non-hydrogen) atoms. The van der Waals surface area contributed by atoms with Crippen molar-refractivity contribution < 1.29 is 40.7 Å². The number of rotatable bonds is 7. The molecule has 3 rings (SSSR count). The Kier molecular flexibility index (Phi) is 7.94. The van der Waals surface area contributed by atoms with Crippen LogP contribution in [-0.4, -0.2) is 35.8 Å². The maximum Gasteiger partial charge on any atom is 0.416 e. The van der Waals surface area contributed by atoms with Crippen LogP contribution in [0.3, 0.4) is 0 Å². The number of benzene rings is 2. The number of para-hydroxylation sites is 1. The number of halogens is 6. The molecule has 0 aromatic heterocycles. The van der Waals surface area contributed by atoms with Gasteiger partial charge in [-0.05, 0) is 31.0 Å². The predicted octanol–water partition coefficient (Wildman–Crippen LogP) is 4.08. The van der Waals surface area contributed by atoms with Crippen LogP contribution in [0.5, 0.6) is 0 Å². The summed E-state index contributed by atoms with van der Waals surface area (Å²) < 4.78 is 78.2. The zero-order valence-electron chi connectivity index (χ0n) is 19.3. The van der Waals surface area contributed by atoms with Crippen molar-refractivity contribution in [2.24, 2.45) is 16.6 Å². The molecule has 1 aliphatic heterocycles. The first-order valence-electron chi connectivity index (χ1n) is 11.0. The highest BCUT2D eigenvalue weighted by molar-refractivity contribution is 6.20. The van der Waals surface area contributed by atoms with Crippen LogP contribution in [-0.2, 0) is 20.6 Å². The smallest absolute Gasteiger partial charge is 0.370 e. The fourth-order valence-electron chi connectivity index (χ4n) is 3.81. The largest absolute Gasteiger partial charge is 0.416 e. The summed E-state index contributed by atoms with van der Waals surface area (Å²) in [7, 11) is 0. The molecule has 2 atom stereocenters. The van der Waals surface area contributed by atoms with Crippen LogP contribution in [0.1, 0.15) is 41.5 Å². The molecule has 7 nitrogen and oxygen atoms in total. The van der Waals surface area contributed by atoms with Gasteiger partial charge in [0.2, 0.25) is 18.0 Å². The number of carbonyl (C=O) groups is 3. The Labute approximate surface area is 207 Å². The lowest BCUT2D eigenvalue weighted by Crippen LogP contribution is -2.45. The maximum absolute atomic E-state index is 13.4. The Morgan fingerprint density at radius 1 is 1.11 bits per heavy atom. The quantitative estimate of drug-likeness (QED) is 0.471. The second-order valence-corrected chi connectivity index (χ2v) is 8.48. The zero-order valence-corrected chi connectivity index (χ0v) is 19.3. The average Bonchev–Trinajstić information content (AvgIpc) is 2.93. The second-order valence-electron chi connectivity index (χ2n) is 8.48. The van der Waals surface area contributed by atoms with Gasteiger partial charge in [0, 0.05) is 29.9 Å². The van der Waals surface area contributed by atoms with Gasteiger partial charge in [0.1, 0.15) is 0 Å². The molecule has 3 amide bonds. The highest BCUT2D eigenvalue weighted by Gasteiger charge is 2.35. The van der Waals surface area contributed by atoms with Crippen molar-refractivity contribution in [2.45, 2.75) is 44.7 Å². The first-order chi connectivity index (χ1) is 17.2. The van der Waals surface area contributed by atoms with Crippen LogP contribution < -0.4 is 16.4 Å². The number of aliphatic imine (C=N–C) groups is 1. The fraction of sp³-hybridized carbons (Fsp3) is 0.333. The van der Waals surface area contributed by atoms with Crippen molar-refractivity contribution in [3.63, 3.8) is 0 Å². The number of nitrogens with one attached hydrogen (secondary N) is 2. The maximum atomic E-state index is 13.4. The number of anilines is 1. The van der Waals surface area contributed by atoms with Gasteiger partial charge in [-0.3, -0.25) is 14.4 Å². The van der Waals surface area contributed by atoms with Crippen molar-refractivity contribution in [1.82, 2.24) is 5.32 Å². The molecule has 198 valence electrons. The third-order valence-corrected chi connectivity index (χ3v) is 5.62. The van der Waals surface area contributed by atoms with E-state index in [0.29, 0.717) is 5.56 Å². The number of hydrogen-bond donors (Lipinski definition) is 3. The minimum absolute atomic E-state index is 0.0109. The molecule has 0 saturated carbocycles. The number of carbonyl (C=O) groups excluding carboxylic acids is 3. The highest BCUT2D eigenvalue weighted by atomic mass is 19.4. The number of fused-ring (bicyclic) bond motifs is 1. The van der Waals surface area contributed by atoms with Crippen LogP contribution in [0.15, 0.2) is 47.5 Å². The van der Waals surface area contributed by atoms with Crippen molar-refractivity contribution in [3.05, 3.63) is 64.7 Å². The molecular weight excluding hydrogens is 506 g/mol. The van der Waals surface area contributed by atoms with Crippen molar-refractivity contribution >= 4 is 29.1 Å². The first kappa shape index (κ1) is 27.7. The van der Waals surface area contributed by atoms with Crippen LogP contribution in [0.4, 0.5) is 32.0 Å². The molecule has 0 bridgehead atoms. The van der Waals surface area contributed by atoms with Crippen LogP contribution in [0.25, 0.3) is 0 Å². The molecule has 0 radical (unpaired) electrons. The Morgan fingerprint density at radius 2 is 1.78 bits per heavy atom. The molecule has 2 aromatic carbocycles. The standard InChI is InChI=1S/C24H22F6N4O3/c1-12-4-2-7-16-18(12)33-22(37)20(32-19(16)13-5-3-6-15(10-13)24(28,29)30)34-21(36)14(11-17(31)35)8-9-23(25,26)27/h2-7,10,14,20H,8-9,11H2,1H3,(H2,31,35)(H,33,37)(H,34,36). The van der Waals surface area contributed by atoms with E-state index in [1.807, 2.05) is 0 Å². The first-order valence-corrected chi connectivity index (χ1v) is 11.0. The summed E-state index contributed by atoms with van der Waals surface area (Å²) in [6, 6.07) is 8.95. The van der Waals surface area contributed by atoms with E-state index in [1.165, 1.54) is 12.1 Å². The topological polar surface area (TPSA) is 114 Å². The Morgan fingerprint density at radius 3 is 2.41 bits per heavy atom. The molecule has 2 aromatic rings. The molecular formula is C24H22F6N4O3. The van der Waals surface area contributed by atoms with Gasteiger partial charge in [0.15, 0.2) is 0 Å². The van der Waals surface area contributed by atoms with Gasteiger partial charge in [0.05, 0.1) is 17.0 Å². The molecule has 4 N–H and O–H groups in total. The van der Waals surface area contributed by atoms with Crippen LogP contribution in [0.2, 0.25) is 0 Å². The number of amides is 3. The van der Waals surface area contributed by atoms with Crippen molar-refractivity contribution in [2.75, 3.05) is 5.32 Å². The van der Waals surface area contributed by atoms with E-state index in [4.69, 9.17) is 5.73 Å². The predicted molar refractivity (Wildman–Crippen MR) is 121 cm³/mol. The molecule has 1 aliphatic rings. The third kappa shape index (κ3) is 7.08. The summed E-state index contributed by atoms with van der Waals surface area (Å²) in [5.41, 5.74) is 5.10. The molecule has 0 fully saturated rings. The SMILES string of the molecule is Cc1cccc2c1NC(=O)C(NC(=O)C(CCC(F)(F)F)CC(N)=O)N=C2c1cccc(C(F)(F)F)c1. The summed E-state index contributed by atoms with van der Waals surface area (Å²) in [4.78, 5) is 41.3. The normalized spacial score (nSPS) is 16.7. The van der Waals surface area contributed by atoms with E-state index >= 15 is 0 Å². The lowest BCUT2D eigenvalue weighted by molar-refractivity contribution is -0.143. The lowest BCUT2D eigenvalue weighted by atomic mass is 9.97.